The highest BCUT2D eigenvalue weighted by Crippen LogP contribution is 2.41. The van der Waals surface area contributed by atoms with Crippen LogP contribution < -0.4 is 14.2 Å². The highest BCUT2D eigenvalue weighted by atomic mass is 32.2. The lowest BCUT2D eigenvalue weighted by molar-refractivity contribution is 0.324. The minimum Gasteiger partial charge on any atom is -0.493 e. The van der Waals surface area contributed by atoms with Gasteiger partial charge in [-0.05, 0) is 18.6 Å². The Morgan fingerprint density at radius 3 is 2.44 bits per heavy atom. The van der Waals surface area contributed by atoms with E-state index in [0.717, 1.165) is 18.7 Å². The van der Waals surface area contributed by atoms with E-state index >= 15 is 0 Å². The van der Waals surface area contributed by atoms with Crippen LogP contribution in [-0.2, 0) is 12.2 Å². The second-order valence-corrected chi connectivity index (χ2v) is 6.46. The summed E-state index contributed by atoms with van der Waals surface area (Å²) >= 11 is 1.43. The van der Waals surface area contributed by atoms with Crippen molar-refractivity contribution in [2.75, 3.05) is 21.3 Å². The van der Waals surface area contributed by atoms with E-state index in [0.29, 0.717) is 45.5 Å². The summed E-state index contributed by atoms with van der Waals surface area (Å²) in [5.74, 6) is 3.74. The Kier molecular flexibility index (Phi) is 6.17. The second kappa shape index (κ2) is 8.76. The molecule has 2 aromatic heterocycles. The molecule has 0 aliphatic heterocycles. The zero-order valence-corrected chi connectivity index (χ0v) is 16.4. The Hall–Kier alpha value is -2.75. The fraction of sp³-hybridized carbons (Fsp3) is 0.412. The third-order valence-electron chi connectivity index (χ3n) is 3.70. The van der Waals surface area contributed by atoms with E-state index in [2.05, 4.69) is 32.3 Å². The van der Waals surface area contributed by atoms with Crippen molar-refractivity contribution < 1.29 is 18.6 Å². The van der Waals surface area contributed by atoms with Crippen LogP contribution in [0.1, 0.15) is 25.1 Å². The molecule has 1 N–H and O–H groups in total. The SMILES string of the molecule is CCCc1nc(SCc2nnc(-c3cc(OC)c(OC)c(OC)c3)o2)n[nH]1. The van der Waals surface area contributed by atoms with E-state index in [9.17, 15) is 0 Å². The van der Waals surface area contributed by atoms with Gasteiger partial charge < -0.3 is 18.6 Å². The number of thioether (sulfide) groups is 1. The number of hydrogen-bond donors (Lipinski definition) is 1. The molecule has 27 heavy (non-hydrogen) atoms. The van der Waals surface area contributed by atoms with Crippen molar-refractivity contribution in [3.8, 4) is 28.7 Å². The normalized spacial score (nSPS) is 10.8. The molecule has 0 unspecified atom stereocenters. The van der Waals surface area contributed by atoms with Crippen LogP contribution in [0.25, 0.3) is 11.5 Å². The molecule has 0 fully saturated rings. The molecule has 0 spiro atoms. The van der Waals surface area contributed by atoms with Crippen LogP contribution in [-0.4, -0.2) is 46.7 Å². The Labute approximate surface area is 160 Å². The first kappa shape index (κ1) is 19.0. The van der Waals surface area contributed by atoms with Crippen LogP contribution in [0, 0.1) is 0 Å². The lowest BCUT2D eigenvalue weighted by Crippen LogP contribution is -1.95. The smallest absolute Gasteiger partial charge is 0.248 e. The molecule has 0 radical (unpaired) electrons. The first-order chi connectivity index (χ1) is 13.2. The zero-order valence-electron chi connectivity index (χ0n) is 15.6. The summed E-state index contributed by atoms with van der Waals surface area (Å²) in [6.45, 7) is 2.10. The van der Waals surface area contributed by atoms with Crippen molar-refractivity contribution >= 4 is 11.8 Å². The number of nitrogens with zero attached hydrogens (tertiary/aromatic N) is 4. The van der Waals surface area contributed by atoms with E-state index in [1.165, 1.54) is 11.8 Å². The van der Waals surface area contributed by atoms with Gasteiger partial charge in [0.05, 0.1) is 27.1 Å². The molecule has 0 aliphatic carbocycles. The van der Waals surface area contributed by atoms with E-state index in [-0.39, 0.29) is 0 Å². The van der Waals surface area contributed by atoms with Crippen molar-refractivity contribution in [1.82, 2.24) is 25.4 Å². The molecule has 0 bridgehead atoms. The predicted octanol–water partition coefficient (Wildman–Crippen LogP) is 3.13. The van der Waals surface area contributed by atoms with Crippen molar-refractivity contribution in [3.05, 3.63) is 23.8 Å². The number of H-pyrrole nitrogens is 1. The molecule has 144 valence electrons. The summed E-state index contributed by atoms with van der Waals surface area (Å²) in [6, 6.07) is 3.52. The number of methoxy groups -OCH3 is 3. The minimum atomic E-state index is 0.367. The quantitative estimate of drug-likeness (QED) is 0.550. The van der Waals surface area contributed by atoms with Gasteiger partial charge in [0.1, 0.15) is 5.82 Å². The zero-order chi connectivity index (χ0) is 19.2. The average molecular weight is 391 g/mol. The van der Waals surface area contributed by atoms with Gasteiger partial charge in [-0.2, -0.15) is 0 Å². The number of aromatic nitrogens is 5. The lowest BCUT2D eigenvalue weighted by atomic mass is 10.2. The van der Waals surface area contributed by atoms with Gasteiger partial charge in [0.15, 0.2) is 11.5 Å². The van der Waals surface area contributed by atoms with Gasteiger partial charge in [0.25, 0.3) is 0 Å². The molecule has 0 aliphatic rings. The number of nitrogens with one attached hydrogen (secondary N) is 1. The fourth-order valence-electron chi connectivity index (χ4n) is 2.45. The first-order valence-electron chi connectivity index (χ1n) is 8.35. The van der Waals surface area contributed by atoms with Gasteiger partial charge >= 0.3 is 0 Å². The van der Waals surface area contributed by atoms with E-state index in [1.54, 1.807) is 33.5 Å². The Morgan fingerprint density at radius 2 is 1.81 bits per heavy atom. The Bertz CT molecular complexity index is 870. The van der Waals surface area contributed by atoms with Crippen molar-refractivity contribution in [1.29, 1.82) is 0 Å². The van der Waals surface area contributed by atoms with Crippen molar-refractivity contribution in [2.45, 2.75) is 30.7 Å². The van der Waals surface area contributed by atoms with Gasteiger partial charge in [-0.25, -0.2) is 4.98 Å². The van der Waals surface area contributed by atoms with E-state index in [4.69, 9.17) is 18.6 Å². The molecular weight excluding hydrogens is 370 g/mol. The van der Waals surface area contributed by atoms with Crippen LogP contribution in [0.15, 0.2) is 21.7 Å². The molecule has 3 rings (SSSR count). The maximum Gasteiger partial charge on any atom is 0.248 e. The minimum absolute atomic E-state index is 0.367. The Morgan fingerprint density at radius 1 is 1.07 bits per heavy atom. The third-order valence-corrected chi connectivity index (χ3v) is 4.53. The maximum atomic E-state index is 5.76. The number of rotatable bonds is 9. The molecule has 1 aromatic carbocycles. The molecule has 0 atom stereocenters. The van der Waals surface area contributed by atoms with Gasteiger partial charge in [0, 0.05) is 12.0 Å². The van der Waals surface area contributed by atoms with Gasteiger partial charge in [-0.1, -0.05) is 18.7 Å². The molecular formula is C17H21N5O4S. The summed E-state index contributed by atoms with van der Waals surface area (Å²) in [7, 11) is 4.67. The van der Waals surface area contributed by atoms with Gasteiger partial charge in [0.2, 0.25) is 22.7 Å². The molecule has 3 aromatic rings. The van der Waals surface area contributed by atoms with Crippen molar-refractivity contribution in [2.24, 2.45) is 0 Å². The van der Waals surface area contributed by atoms with Crippen LogP contribution in [0.2, 0.25) is 0 Å². The largest absolute Gasteiger partial charge is 0.493 e. The number of ether oxygens (including phenoxy) is 3. The predicted molar refractivity (Wildman–Crippen MR) is 99.3 cm³/mol. The highest BCUT2D eigenvalue weighted by Gasteiger charge is 2.18. The first-order valence-corrected chi connectivity index (χ1v) is 9.33. The second-order valence-electron chi connectivity index (χ2n) is 5.52. The fourth-order valence-corrected chi connectivity index (χ4v) is 3.10. The number of benzene rings is 1. The summed E-state index contributed by atoms with van der Waals surface area (Å²) < 4.78 is 21.8. The topological polar surface area (TPSA) is 108 Å². The molecule has 2 heterocycles. The van der Waals surface area contributed by atoms with E-state index < -0.39 is 0 Å². The van der Waals surface area contributed by atoms with Crippen molar-refractivity contribution in [3.63, 3.8) is 0 Å². The summed E-state index contributed by atoms with van der Waals surface area (Å²) in [5.41, 5.74) is 0.677. The molecule has 9 nitrogen and oxygen atoms in total. The third kappa shape index (κ3) is 4.33. The number of aromatic amines is 1. The maximum absolute atomic E-state index is 5.76. The van der Waals surface area contributed by atoms with Crippen LogP contribution >= 0.6 is 11.8 Å². The highest BCUT2D eigenvalue weighted by molar-refractivity contribution is 7.98. The van der Waals surface area contributed by atoms with Gasteiger partial charge in [-0.15, -0.1) is 15.3 Å². The molecule has 0 saturated carbocycles. The summed E-state index contributed by atoms with van der Waals surface area (Å²) in [6.07, 6.45) is 1.89. The molecule has 10 heteroatoms. The van der Waals surface area contributed by atoms with E-state index in [1.807, 2.05) is 0 Å². The van der Waals surface area contributed by atoms with Crippen LogP contribution in [0.4, 0.5) is 0 Å². The van der Waals surface area contributed by atoms with Crippen LogP contribution in [0.5, 0.6) is 17.2 Å². The molecule has 0 amide bonds. The van der Waals surface area contributed by atoms with Crippen LogP contribution in [0.3, 0.4) is 0 Å². The standard InChI is InChI=1S/C17H21N5O4S/c1-5-6-13-18-17(22-19-13)27-9-14-20-21-16(26-14)10-7-11(23-2)15(25-4)12(8-10)24-3/h7-8H,5-6,9H2,1-4H3,(H,18,19,22). The monoisotopic (exact) mass is 391 g/mol. The molecule has 0 saturated heterocycles. The van der Waals surface area contributed by atoms with Gasteiger partial charge in [-0.3, -0.25) is 5.10 Å². The number of hydrogen-bond acceptors (Lipinski definition) is 9. The lowest BCUT2D eigenvalue weighted by Gasteiger charge is -2.12. The average Bonchev–Trinajstić information content (AvgIpc) is 3.35. The summed E-state index contributed by atoms with van der Waals surface area (Å²) in [4.78, 5) is 4.40. The number of aryl methyl sites for hydroxylation is 1. The summed E-state index contributed by atoms with van der Waals surface area (Å²) in [5, 5.41) is 15.9. The Balaban J connectivity index is 1.75.